The van der Waals surface area contributed by atoms with Crippen LogP contribution in [0, 0.1) is 0 Å². The number of carbonyl (C=O) groups is 2. The van der Waals surface area contributed by atoms with Gasteiger partial charge in [-0.1, -0.05) is 28.7 Å². The maximum absolute atomic E-state index is 12.9. The van der Waals surface area contributed by atoms with Crippen LogP contribution in [0.4, 0.5) is 15.3 Å². The first-order chi connectivity index (χ1) is 26.0. The molecule has 0 saturated carbocycles. The van der Waals surface area contributed by atoms with E-state index >= 15 is 0 Å². The summed E-state index contributed by atoms with van der Waals surface area (Å²) in [5.74, 6) is -0.0591. The lowest BCUT2D eigenvalue weighted by atomic mass is 9.93. The molecule has 306 valence electrons. The van der Waals surface area contributed by atoms with Gasteiger partial charge in [0, 0.05) is 65.0 Å². The van der Waals surface area contributed by atoms with Gasteiger partial charge in [-0.25, -0.2) is 20.3 Å². The van der Waals surface area contributed by atoms with E-state index in [1.54, 1.807) is 77.9 Å². The van der Waals surface area contributed by atoms with Crippen LogP contribution in [0.3, 0.4) is 0 Å². The monoisotopic (exact) mass is 841 g/mol. The van der Waals surface area contributed by atoms with Crippen molar-refractivity contribution in [1.82, 2.24) is 15.5 Å². The quantitative estimate of drug-likeness (QED) is 0.0185. The van der Waals surface area contributed by atoms with Gasteiger partial charge in [0.15, 0.2) is 6.54 Å². The number of nitrogens with zero attached hydrogens (tertiary/aromatic N) is 2. The summed E-state index contributed by atoms with van der Waals surface area (Å²) in [6.07, 6.45) is -1.30. The molecule has 0 fully saturated rings. The molecule has 56 heavy (non-hydrogen) atoms. The standard InChI is InChI=1S/C35H44N4O14S3/c1-34(2,3)50-32(40)36-38(17-9-19-54-53-52-42)23-13-15-25-28(21-23)49-29-22-24(39(18-10-20-55(43,44)45)37-33(41)51-35(4,5)6)14-16-26(29)31(25)27-11-7-8-12-30(27)56(46,47)48/h7-8,11-16,21-22H,9-10,17-20H2,1-6H3,(H4-,36,37,40,41,42,43,44,45,46,47,48)/p+1. The van der Waals surface area contributed by atoms with Gasteiger partial charge in [-0.2, -0.15) is 16.8 Å². The third-order valence-corrected chi connectivity index (χ3v) is 9.80. The molecule has 2 aliphatic rings. The summed E-state index contributed by atoms with van der Waals surface area (Å²) >= 11 is 0.831. The number of carbonyl (C=O) groups excluding carboxylic acids is 2. The van der Waals surface area contributed by atoms with Gasteiger partial charge < -0.3 is 13.9 Å². The minimum atomic E-state index is -4.73. The molecular formula is C35H45N4O14S3+. The van der Waals surface area contributed by atoms with E-state index in [4.69, 9.17) is 19.1 Å². The first-order valence-electron chi connectivity index (χ1n) is 17.0. The molecule has 1 heterocycles. The highest BCUT2D eigenvalue weighted by Crippen LogP contribution is 2.42. The Bertz CT molecular complexity index is 2300. The fraction of sp³-hybridized carbons (Fsp3) is 0.400. The summed E-state index contributed by atoms with van der Waals surface area (Å²) in [6.45, 7) is 10.2. The molecule has 18 nitrogen and oxygen atoms in total. The summed E-state index contributed by atoms with van der Waals surface area (Å²) in [4.78, 5) is 25.4. The number of hydrazine groups is 2. The fourth-order valence-corrected chi connectivity index (χ4v) is 7.01. The third kappa shape index (κ3) is 13.0. The van der Waals surface area contributed by atoms with E-state index in [1.807, 2.05) is 0 Å². The zero-order valence-electron chi connectivity index (χ0n) is 31.5. The van der Waals surface area contributed by atoms with Crippen LogP contribution >= 0.6 is 12.0 Å². The first-order valence-corrected chi connectivity index (χ1v) is 21.0. The summed E-state index contributed by atoms with van der Waals surface area (Å²) in [5, 5.41) is 14.2. The van der Waals surface area contributed by atoms with Crippen molar-refractivity contribution in [2.24, 2.45) is 0 Å². The molecule has 0 aromatic heterocycles. The highest BCUT2D eigenvalue weighted by atomic mass is 32.2. The summed E-state index contributed by atoms with van der Waals surface area (Å²) < 4.78 is 91.2. The van der Waals surface area contributed by atoms with Crippen LogP contribution in [-0.4, -0.2) is 79.2 Å². The van der Waals surface area contributed by atoms with Crippen LogP contribution in [0.15, 0.2) is 70.0 Å². The number of benzene rings is 3. The average Bonchev–Trinajstić information content (AvgIpc) is 3.06. The van der Waals surface area contributed by atoms with Crippen LogP contribution in [0.2, 0.25) is 0 Å². The van der Waals surface area contributed by atoms with E-state index in [1.165, 1.54) is 34.0 Å². The van der Waals surface area contributed by atoms with E-state index < -0.39 is 49.4 Å². The van der Waals surface area contributed by atoms with Gasteiger partial charge in [0.1, 0.15) is 27.4 Å². The van der Waals surface area contributed by atoms with Crippen molar-refractivity contribution in [2.75, 3.05) is 29.6 Å². The molecule has 21 heteroatoms. The zero-order valence-corrected chi connectivity index (χ0v) is 33.9. The number of ether oxygens (including phenoxy) is 2. The van der Waals surface area contributed by atoms with Gasteiger partial charge >= 0.3 is 12.2 Å². The van der Waals surface area contributed by atoms with E-state index in [0.29, 0.717) is 39.7 Å². The summed E-state index contributed by atoms with van der Waals surface area (Å²) in [5.41, 5.74) is 5.00. The molecule has 0 radical (unpaired) electrons. The van der Waals surface area contributed by atoms with Crippen molar-refractivity contribution >= 4 is 61.1 Å². The predicted molar refractivity (Wildman–Crippen MR) is 207 cm³/mol. The molecule has 1 aliphatic heterocycles. The van der Waals surface area contributed by atoms with Crippen LogP contribution in [0.25, 0.3) is 33.4 Å². The van der Waals surface area contributed by atoms with Crippen molar-refractivity contribution < 1.29 is 64.1 Å². The molecule has 0 saturated heterocycles. The molecule has 0 unspecified atom stereocenters. The Hall–Kier alpha value is -4.48. The lowest BCUT2D eigenvalue weighted by Gasteiger charge is -2.28. The molecule has 0 atom stereocenters. The Morgan fingerprint density at radius 3 is 2.20 bits per heavy atom. The van der Waals surface area contributed by atoms with Gasteiger partial charge in [-0.3, -0.25) is 14.1 Å². The van der Waals surface area contributed by atoms with E-state index in [9.17, 15) is 35.5 Å². The second kappa shape index (κ2) is 18.2. The van der Waals surface area contributed by atoms with Crippen LogP contribution in [-0.2, 0) is 39.1 Å². The number of hydrogen-bond donors (Lipinski definition) is 5. The second-order valence-corrected chi connectivity index (χ2v) is 18.0. The lowest BCUT2D eigenvalue weighted by Crippen LogP contribution is -2.47. The Morgan fingerprint density at radius 1 is 0.875 bits per heavy atom. The van der Waals surface area contributed by atoms with Crippen LogP contribution in [0.1, 0.15) is 54.4 Å². The molecule has 0 bridgehead atoms. The number of fused-ring (bicyclic) bond motifs is 2. The predicted octanol–water partition coefficient (Wildman–Crippen LogP) is 5.65. The highest BCUT2D eigenvalue weighted by molar-refractivity contribution is 7.94. The van der Waals surface area contributed by atoms with E-state index in [-0.39, 0.29) is 41.3 Å². The third-order valence-electron chi connectivity index (χ3n) is 7.47. The largest absolute Gasteiger partial charge is 0.461 e. The molecule has 2 aromatic carbocycles. The summed E-state index contributed by atoms with van der Waals surface area (Å²) in [6, 6.07) is 15.5. The van der Waals surface area contributed by atoms with Crippen molar-refractivity contribution in [3.63, 3.8) is 0 Å². The second-order valence-electron chi connectivity index (χ2n) is 14.3. The molecule has 0 spiro atoms. The minimum Gasteiger partial charge on any atom is -0.456 e. The van der Waals surface area contributed by atoms with E-state index in [2.05, 4.69) is 20.2 Å². The maximum atomic E-state index is 12.9. The van der Waals surface area contributed by atoms with Gasteiger partial charge in [-0.15, -0.1) is 9.02 Å². The van der Waals surface area contributed by atoms with E-state index in [0.717, 1.165) is 12.0 Å². The molecule has 4 rings (SSSR count). The molecule has 2 aromatic rings. The van der Waals surface area contributed by atoms with Crippen molar-refractivity contribution in [3.05, 3.63) is 66.0 Å². The lowest BCUT2D eigenvalue weighted by molar-refractivity contribution is -0.432. The Balaban J connectivity index is 1.99. The highest BCUT2D eigenvalue weighted by Gasteiger charge is 2.27. The van der Waals surface area contributed by atoms with Gasteiger partial charge in [0.25, 0.3) is 20.2 Å². The molecule has 2 amide bonds. The Kier molecular flexibility index (Phi) is 14.4. The van der Waals surface area contributed by atoms with Gasteiger partial charge in [-0.05, 0) is 72.2 Å². The SMILES string of the molecule is CC(C)(C)OC(=O)NN(CCCS(=O)(=O)O)c1ccc2c(-c3ccccc3S(=O)(=O)O)c3cc/c(=[N+](/CCCSOOO)NC(=O)OC(C)(C)C)cc-3oc2c1. The summed E-state index contributed by atoms with van der Waals surface area (Å²) in [7, 11) is -9.06. The van der Waals surface area contributed by atoms with Crippen LogP contribution in [0.5, 0.6) is 0 Å². The Labute approximate surface area is 328 Å². The average molecular weight is 842 g/mol. The number of nitrogens with one attached hydrogen (secondary N) is 2. The molecule has 5 N–H and O–H groups in total. The Morgan fingerprint density at radius 2 is 1.55 bits per heavy atom. The first kappa shape index (κ1) is 44.2. The van der Waals surface area contributed by atoms with Crippen molar-refractivity contribution in [1.29, 1.82) is 0 Å². The number of amides is 2. The molecular weight excluding hydrogens is 797 g/mol. The number of anilines is 1. The smallest absolute Gasteiger partial charge is 0.456 e. The van der Waals surface area contributed by atoms with Crippen molar-refractivity contribution in [3.8, 4) is 22.5 Å². The van der Waals surface area contributed by atoms with Crippen LogP contribution < -0.4 is 25.9 Å². The fourth-order valence-electron chi connectivity index (χ4n) is 5.46. The maximum Gasteiger partial charge on any atom is 0.461 e. The van der Waals surface area contributed by atoms with Gasteiger partial charge in [0.2, 0.25) is 5.36 Å². The molecule has 1 aliphatic carbocycles. The van der Waals surface area contributed by atoms with Gasteiger partial charge in [0.05, 0.1) is 17.5 Å². The number of rotatable bonds is 15. The number of hydrogen-bond acceptors (Lipinski definition) is 14. The normalized spacial score (nSPS) is 13.0. The minimum absolute atomic E-state index is 0.0975. The zero-order chi connectivity index (χ0) is 41.5. The van der Waals surface area contributed by atoms with Crippen molar-refractivity contribution in [2.45, 2.75) is 70.5 Å². The topological polar surface area (TPSA) is 243 Å².